The maximum atomic E-state index is 12.4. The molecule has 1 aliphatic rings. The Hall–Kier alpha value is -1.99. The highest BCUT2D eigenvalue weighted by molar-refractivity contribution is 7.15. The average Bonchev–Trinajstić information content (AvgIpc) is 3.05. The molecule has 1 aromatic carbocycles. The van der Waals surface area contributed by atoms with Crippen LogP contribution in [0.15, 0.2) is 30.3 Å². The SMILES string of the molecule is Nc1nnc(C(NC(=O)CCN2CCCCC2)c2ccccc2)s1. The molecule has 0 aliphatic carbocycles. The summed E-state index contributed by atoms with van der Waals surface area (Å²) in [6, 6.07) is 9.52. The maximum absolute atomic E-state index is 12.4. The Labute approximate surface area is 146 Å². The van der Waals surface area contributed by atoms with Gasteiger partial charge in [-0.3, -0.25) is 4.79 Å². The largest absolute Gasteiger partial charge is 0.374 e. The van der Waals surface area contributed by atoms with Crippen LogP contribution in [0.5, 0.6) is 0 Å². The van der Waals surface area contributed by atoms with E-state index in [4.69, 9.17) is 5.73 Å². The van der Waals surface area contributed by atoms with Crippen molar-refractivity contribution in [3.8, 4) is 0 Å². The highest BCUT2D eigenvalue weighted by Crippen LogP contribution is 2.26. The standard InChI is InChI=1S/C17H23N5OS/c18-17-21-20-16(24-17)15(13-7-3-1-4-8-13)19-14(23)9-12-22-10-5-2-6-11-22/h1,3-4,7-8,15H,2,5-6,9-12H2,(H2,18,21)(H,19,23). The van der Waals surface area contributed by atoms with Crippen LogP contribution in [-0.4, -0.2) is 40.6 Å². The molecule has 0 saturated carbocycles. The molecule has 0 spiro atoms. The number of carbonyl (C=O) groups is 1. The van der Waals surface area contributed by atoms with Crippen LogP contribution in [-0.2, 0) is 4.79 Å². The van der Waals surface area contributed by atoms with E-state index in [2.05, 4.69) is 20.4 Å². The molecular formula is C17H23N5OS. The third kappa shape index (κ3) is 4.52. The number of nitrogen functional groups attached to an aromatic ring is 1. The molecule has 2 heterocycles. The number of anilines is 1. The maximum Gasteiger partial charge on any atom is 0.222 e. The molecule has 1 saturated heterocycles. The Balaban J connectivity index is 1.64. The second-order valence-electron chi connectivity index (χ2n) is 6.04. The van der Waals surface area contributed by atoms with Crippen LogP contribution in [0.3, 0.4) is 0 Å². The lowest BCUT2D eigenvalue weighted by atomic mass is 10.1. The van der Waals surface area contributed by atoms with Crippen molar-refractivity contribution in [2.75, 3.05) is 25.4 Å². The summed E-state index contributed by atoms with van der Waals surface area (Å²) in [5, 5.41) is 12.2. The van der Waals surface area contributed by atoms with Gasteiger partial charge in [-0.05, 0) is 31.5 Å². The van der Waals surface area contributed by atoms with Gasteiger partial charge in [-0.25, -0.2) is 0 Å². The number of likely N-dealkylation sites (tertiary alicyclic amines) is 1. The second-order valence-corrected chi connectivity index (χ2v) is 7.08. The van der Waals surface area contributed by atoms with Gasteiger partial charge < -0.3 is 16.0 Å². The van der Waals surface area contributed by atoms with E-state index in [-0.39, 0.29) is 11.9 Å². The number of piperidine rings is 1. The van der Waals surface area contributed by atoms with Crippen LogP contribution >= 0.6 is 11.3 Å². The number of nitrogens with one attached hydrogen (secondary N) is 1. The quantitative estimate of drug-likeness (QED) is 0.838. The van der Waals surface area contributed by atoms with Crippen LogP contribution in [0.2, 0.25) is 0 Å². The summed E-state index contributed by atoms with van der Waals surface area (Å²) in [6.07, 6.45) is 4.27. The molecule has 7 heteroatoms. The minimum Gasteiger partial charge on any atom is -0.374 e. The van der Waals surface area contributed by atoms with Gasteiger partial charge in [-0.2, -0.15) is 0 Å². The van der Waals surface area contributed by atoms with Crippen molar-refractivity contribution in [2.24, 2.45) is 0 Å². The summed E-state index contributed by atoms with van der Waals surface area (Å²) in [5.41, 5.74) is 6.69. The normalized spacial score (nSPS) is 16.7. The molecule has 3 N–H and O–H groups in total. The first kappa shape index (κ1) is 16.9. The predicted octanol–water partition coefficient (Wildman–Crippen LogP) is 2.20. The molecule has 1 amide bonds. The van der Waals surface area contributed by atoms with E-state index in [1.165, 1.54) is 30.6 Å². The molecule has 1 atom stereocenters. The van der Waals surface area contributed by atoms with Gasteiger partial charge >= 0.3 is 0 Å². The van der Waals surface area contributed by atoms with Gasteiger partial charge in [0, 0.05) is 13.0 Å². The number of carbonyl (C=O) groups excluding carboxylic acids is 1. The fourth-order valence-corrected chi connectivity index (χ4v) is 3.66. The van der Waals surface area contributed by atoms with Gasteiger partial charge in [0.05, 0.1) is 0 Å². The van der Waals surface area contributed by atoms with Crippen molar-refractivity contribution in [1.29, 1.82) is 0 Å². The van der Waals surface area contributed by atoms with Crippen LogP contribution in [0.1, 0.15) is 42.3 Å². The number of amides is 1. The van der Waals surface area contributed by atoms with Crippen molar-refractivity contribution in [2.45, 2.75) is 31.7 Å². The fourth-order valence-electron chi connectivity index (χ4n) is 2.97. The zero-order chi connectivity index (χ0) is 16.8. The number of aromatic nitrogens is 2. The zero-order valence-corrected chi connectivity index (χ0v) is 14.5. The lowest BCUT2D eigenvalue weighted by Gasteiger charge is -2.26. The number of hydrogen-bond donors (Lipinski definition) is 2. The van der Waals surface area contributed by atoms with Crippen LogP contribution in [0.25, 0.3) is 0 Å². The molecule has 0 bridgehead atoms. The van der Waals surface area contributed by atoms with E-state index in [9.17, 15) is 4.79 Å². The van der Waals surface area contributed by atoms with E-state index in [0.29, 0.717) is 16.6 Å². The van der Waals surface area contributed by atoms with Crippen LogP contribution < -0.4 is 11.1 Å². The summed E-state index contributed by atoms with van der Waals surface area (Å²) in [7, 11) is 0. The molecule has 1 aromatic heterocycles. The average molecular weight is 345 g/mol. The molecule has 1 aliphatic heterocycles. The molecule has 1 fully saturated rings. The Morgan fingerprint density at radius 1 is 1.21 bits per heavy atom. The van der Waals surface area contributed by atoms with Gasteiger partial charge in [0.15, 0.2) is 0 Å². The van der Waals surface area contributed by atoms with Gasteiger partial charge in [-0.15, -0.1) is 10.2 Å². The van der Waals surface area contributed by atoms with Gasteiger partial charge in [-0.1, -0.05) is 48.1 Å². The smallest absolute Gasteiger partial charge is 0.222 e. The zero-order valence-electron chi connectivity index (χ0n) is 13.6. The van der Waals surface area contributed by atoms with Crippen molar-refractivity contribution in [3.05, 3.63) is 40.9 Å². The Kier molecular flexibility index (Phi) is 5.77. The molecule has 6 nitrogen and oxygen atoms in total. The number of hydrogen-bond acceptors (Lipinski definition) is 6. The molecule has 24 heavy (non-hydrogen) atoms. The first-order valence-corrected chi connectivity index (χ1v) is 9.19. The number of rotatable bonds is 6. The monoisotopic (exact) mass is 345 g/mol. The topological polar surface area (TPSA) is 84.1 Å². The molecule has 128 valence electrons. The Morgan fingerprint density at radius 3 is 2.62 bits per heavy atom. The Morgan fingerprint density at radius 2 is 1.96 bits per heavy atom. The number of nitrogens with zero attached hydrogens (tertiary/aromatic N) is 3. The minimum atomic E-state index is -0.296. The third-order valence-electron chi connectivity index (χ3n) is 4.25. The predicted molar refractivity (Wildman–Crippen MR) is 95.7 cm³/mol. The van der Waals surface area contributed by atoms with Crippen molar-refractivity contribution in [3.63, 3.8) is 0 Å². The van der Waals surface area contributed by atoms with E-state index in [1.54, 1.807) is 0 Å². The van der Waals surface area contributed by atoms with Gasteiger partial charge in [0.1, 0.15) is 11.0 Å². The van der Waals surface area contributed by atoms with E-state index in [1.807, 2.05) is 30.3 Å². The molecule has 3 rings (SSSR count). The van der Waals surface area contributed by atoms with Crippen molar-refractivity contribution < 1.29 is 4.79 Å². The summed E-state index contributed by atoms with van der Waals surface area (Å²) in [4.78, 5) is 14.8. The number of benzene rings is 1. The first-order valence-electron chi connectivity index (χ1n) is 8.38. The summed E-state index contributed by atoms with van der Waals surface area (Å²) >= 11 is 1.31. The summed E-state index contributed by atoms with van der Waals surface area (Å²) in [6.45, 7) is 3.01. The third-order valence-corrected chi connectivity index (χ3v) is 5.06. The Bertz CT molecular complexity index is 654. The lowest BCUT2D eigenvalue weighted by Crippen LogP contribution is -2.35. The van der Waals surface area contributed by atoms with Crippen molar-refractivity contribution >= 4 is 22.4 Å². The van der Waals surface area contributed by atoms with Crippen LogP contribution in [0.4, 0.5) is 5.13 Å². The van der Waals surface area contributed by atoms with E-state index < -0.39 is 0 Å². The number of nitrogens with two attached hydrogens (primary N) is 1. The van der Waals surface area contributed by atoms with Crippen molar-refractivity contribution in [1.82, 2.24) is 20.4 Å². The van der Waals surface area contributed by atoms with Gasteiger partial charge in [0.2, 0.25) is 11.0 Å². The molecule has 0 radical (unpaired) electrons. The lowest BCUT2D eigenvalue weighted by molar-refractivity contribution is -0.122. The molecular weight excluding hydrogens is 322 g/mol. The van der Waals surface area contributed by atoms with E-state index >= 15 is 0 Å². The van der Waals surface area contributed by atoms with Gasteiger partial charge in [0.25, 0.3) is 0 Å². The van der Waals surface area contributed by atoms with E-state index in [0.717, 1.165) is 25.2 Å². The molecule has 2 aromatic rings. The second kappa shape index (κ2) is 8.21. The first-order chi connectivity index (χ1) is 11.7. The molecule has 1 unspecified atom stereocenters. The highest BCUT2D eigenvalue weighted by atomic mass is 32.1. The fraction of sp³-hybridized carbons (Fsp3) is 0.471. The van der Waals surface area contributed by atoms with Crippen LogP contribution in [0, 0.1) is 0 Å². The highest BCUT2D eigenvalue weighted by Gasteiger charge is 2.21. The minimum absolute atomic E-state index is 0.0307. The summed E-state index contributed by atoms with van der Waals surface area (Å²) in [5.74, 6) is 0.0307. The summed E-state index contributed by atoms with van der Waals surface area (Å²) < 4.78 is 0.